The molecule has 4 rings (SSSR count). The van der Waals surface area contributed by atoms with Crippen LogP contribution in [0.15, 0.2) is 35.4 Å². The van der Waals surface area contributed by atoms with Gasteiger partial charge >= 0.3 is 13.5 Å². The van der Waals surface area contributed by atoms with Gasteiger partial charge in [0.25, 0.3) is 11.5 Å². The van der Waals surface area contributed by atoms with Crippen molar-refractivity contribution in [3.8, 4) is 0 Å². The number of aromatic amines is 1. The molecule has 1 aliphatic rings. The summed E-state index contributed by atoms with van der Waals surface area (Å²) in [5.74, 6) is -0.153. The van der Waals surface area contributed by atoms with Crippen molar-refractivity contribution in [2.24, 2.45) is 0 Å². The molecule has 4 atom stereocenters. The molecule has 1 fully saturated rings. The van der Waals surface area contributed by atoms with Crippen molar-refractivity contribution in [1.29, 1.82) is 0 Å². The maximum atomic E-state index is 12.7. The van der Waals surface area contributed by atoms with Crippen LogP contribution in [0, 0.1) is 6.92 Å². The van der Waals surface area contributed by atoms with Crippen molar-refractivity contribution >= 4 is 24.9 Å². The minimum atomic E-state index is -4.81. The maximum absolute atomic E-state index is 12.7. The Labute approximate surface area is 180 Å². The molecule has 7 N–H and O–H groups in total. The minimum absolute atomic E-state index is 0.104. The second-order valence-corrected chi connectivity index (χ2v) is 8.77. The first kappa shape index (κ1) is 22.6. The van der Waals surface area contributed by atoms with E-state index in [2.05, 4.69) is 14.5 Å². The zero-order chi connectivity index (χ0) is 23.2. The lowest BCUT2D eigenvalue weighted by Gasteiger charge is -2.14. The molecule has 1 aromatic carbocycles. The van der Waals surface area contributed by atoms with Crippen LogP contribution < -0.4 is 15.9 Å². The lowest BCUT2D eigenvalue weighted by Crippen LogP contribution is -2.46. The molecule has 0 unspecified atom stereocenters. The molecule has 2 aromatic heterocycles. The number of H-pyrrole nitrogens is 1. The van der Waals surface area contributed by atoms with Gasteiger partial charge in [-0.1, -0.05) is 29.2 Å². The number of nitrogens with one attached hydrogen (secondary N) is 1. The van der Waals surface area contributed by atoms with Crippen LogP contribution in [0.4, 0.5) is 5.95 Å². The highest BCUT2D eigenvalue weighted by Gasteiger charge is 2.47. The van der Waals surface area contributed by atoms with Gasteiger partial charge in [0.1, 0.15) is 18.3 Å². The second-order valence-electron chi connectivity index (χ2n) is 7.53. The van der Waals surface area contributed by atoms with E-state index in [9.17, 15) is 19.6 Å². The van der Waals surface area contributed by atoms with E-state index in [4.69, 9.17) is 20.3 Å². The van der Waals surface area contributed by atoms with Crippen molar-refractivity contribution in [3.05, 3.63) is 52.1 Å². The van der Waals surface area contributed by atoms with E-state index in [1.165, 1.54) is 10.9 Å². The van der Waals surface area contributed by atoms with Gasteiger partial charge in [-0.25, -0.2) is 9.13 Å². The number of phosphoric ester groups is 1. The Hall–Kier alpha value is -2.64. The Kier molecular flexibility index (Phi) is 5.90. The van der Waals surface area contributed by atoms with Gasteiger partial charge in [0.15, 0.2) is 6.33 Å². The third kappa shape index (κ3) is 4.32. The smallest absolute Gasteiger partial charge is 0.387 e. The summed E-state index contributed by atoms with van der Waals surface area (Å²) in [4.78, 5) is 37.1. The Morgan fingerprint density at radius 1 is 1.31 bits per heavy atom. The van der Waals surface area contributed by atoms with Crippen molar-refractivity contribution in [3.63, 3.8) is 0 Å². The van der Waals surface area contributed by atoms with Crippen LogP contribution in [0.25, 0.3) is 11.2 Å². The summed E-state index contributed by atoms with van der Waals surface area (Å²) in [5.41, 5.74) is 7.42. The van der Waals surface area contributed by atoms with E-state index in [0.717, 1.165) is 11.1 Å². The van der Waals surface area contributed by atoms with Crippen LogP contribution in [0.2, 0.25) is 0 Å². The molecule has 0 spiro atoms. The molecule has 0 radical (unpaired) electrons. The third-order valence-electron chi connectivity index (χ3n) is 5.31. The molecular formula is C18H23N5O8P+. The largest absolute Gasteiger partial charge is 0.469 e. The summed E-state index contributed by atoms with van der Waals surface area (Å²) in [7, 11) is -4.81. The standard InChI is InChI=1S/C18H22N5O8P/c1-9-4-2-3-5-10(9)6-22-8-23(15-12(22)16(26)21-18(19)20-15)17-14(25)13(24)11(31-17)7-30-32(27,28)29/h2-5,8,11,13-14,17,24-25H,6-7H2,1H3,(H4-,19,20,21,26,27,28,29)/p+1/t11-,13-,14-,17-/m1/s1. The van der Waals surface area contributed by atoms with E-state index >= 15 is 0 Å². The number of nitrogens with zero attached hydrogens (tertiary/aromatic N) is 3. The fourth-order valence-electron chi connectivity index (χ4n) is 3.72. The van der Waals surface area contributed by atoms with Gasteiger partial charge in [-0.15, -0.1) is 0 Å². The summed E-state index contributed by atoms with van der Waals surface area (Å²) in [5, 5.41) is 20.9. The summed E-state index contributed by atoms with van der Waals surface area (Å²) in [6.07, 6.45) is -3.95. The van der Waals surface area contributed by atoms with Gasteiger partial charge < -0.3 is 30.5 Å². The molecule has 172 valence electrons. The number of rotatable bonds is 6. The Morgan fingerprint density at radius 3 is 2.72 bits per heavy atom. The monoisotopic (exact) mass is 468 g/mol. The van der Waals surface area contributed by atoms with Crippen LogP contribution in [0.5, 0.6) is 0 Å². The quantitative estimate of drug-likeness (QED) is 0.186. The highest BCUT2D eigenvalue weighted by Crippen LogP contribution is 2.37. The van der Waals surface area contributed by atoms with Crippen molar-refractivity contribution in [2.75, 3.05) is 12.3 Å². The van der Waals surface area contributed by atoms with Crippen molar-refractivity contribution in [2.45, 2.75) is 38.0 Å². The molecule has 1 saturated heterocycles. The number of imidazole rings is 1. The summed E-state index contributed by atoms with van der Waals surface area (Å²) < 4.78 is 24.0. The molecule has 0 bridgehead atoms. The number of aryl methyl sites for hydroxylation is 1. The number of nitrogen functional groups attached to an aromatic ring is 1. The number of aliphatic hydroxyl groups is 2. The van der Waals surface area contributed by atoms with Crippen LogP contribution >= 0.6 is 7.82 Å². The van der Waals surface area contributed by atoms with Crippen molar-refractivity contribution in [1.82, 2.24) is 14.5 Å². The number of anilines is 1. The van der Waals surface area contributed by atoms with Crippen LogP contribution in [0.1, 0.15) is 17.4 Å². The zero-order valence-electron chi connectivity index (χ0n) is 16.9. The Morgan fingerprint density at radius 2 is 2.03 bits per heavy atom. The molecule has 3 aromatic rings. The zero-order valence-corrected chi connectivity index (χ0v) is 17.8. The molecule has 0 aliphatic carbocycles. The number of phosphoric acid groups is 1. The number of aromatic nitrogens is 4. The highest BCUT2D eigenvalue weighted by molar-refractivity contribution is 7.46. The van der Waals surface area contributed by atoms with Gasteiger partial charge in [0.05, 0.1) is 13.2 Å². The lowest BCUT2D eigenvalue weighted by atomic mass is 10.1. The summed E-state index contributed by atoms with van der Waals surface area (Å²) in [6, 6.07) is 7.60. The highest BCUT2D eigenvalue weighted by atomic mass is 31.2. The average Bonchev–Trinajstić information content (AvgIpc) is 3.19. The van der Waals surface area contributed by atoms with E-state index in [1.807, 2.05) is 31.2 Å². The predicted molar refractivity (Wildman–Crippen MR) is 109 cm³/mol. The molecule has 0 amide bonds. The number of benzene rings is 1. The number of ether oxygens (including phenoxy) is 1. The topological polar surface area (TPSA) is 197 Å². The van der Waals surface area contributed by atoms with Crippen molar-refractivity contribution < 1.29 is 38.4 Å². The summed E-state index contributed by atoms with van der Waals surface area (Å²) in [6.45, 7) is 1.58. The average molecular weight is 468 g/mol. The molecular weight excluding hydrogens is 445 g/mol. The molecule has 32 heavy (non-hydrogen) atoms. The SMILES string of the molecule is Cc1ccccc1Cn1c[n+]([C@@H]2O[C@H](COP(=O)(O)O)[C@@H](O)[C@H]2O)c2nc(N)[nH]c(=O)c21. The number of fused-ring (bicyclic) bond motifs is 1. The molecule has 1 aliphatic heterocycles. The first-order chi connectivity index (χ1) is 15.0. The molecule has 3 heterocycles. The lowest BCUT2D eigenvalue weighted by molar-refractivity contribution is -0.745. The molecule has 13 nitrogen and oxygen atoms in total. The number of nitrogens with two attached hydrogens (primary N) is 1. The Bertz CT molecular complexity index is 1250. The number of hydrogen-bond donors (Lipinski definition) is 6. The van der Waals surface area contributed by atoms with Gasteiger partial charge in [-0.05, 0) is 18.1 Å². The third-order valence-corrected chi connectivity index (χ3v) is 5.80. The van der Waals surface area contributed by atoms with Gasteiger partial charge in [0, 0.05) is 0 Å². The fourth-order valence-corrected chi connectivity index (χ4v) is 4.06. The predicted octanol–water partition coefficient (Wildman–Crippen LogP) is -1.32. The number of aliphatic hydroxyl groups excluding tert-OH is 2. The van der Waals surface area contributed by atoms with E-state index in [0.29, 0.717) is 6.54 Å². The maximum Gasteiger partial charge on any atom is 0.469 e. The summed E-state index contributed by atoms with van der Waals surface area (Å²) >= 11 is 0. The van der Waals surface area contributed by atoms with E-state index < -0.39 is 44.5 Å². The second kappa shape index (κ2) is 8.37. The minimum Gasteiger partial charge on any atom is -0.387 e. The van der Waals surface area contributed by atoms with E-state index in [1.54, 1.807) is 4.57 Å². The van der Waals surface area contributed by atoms with Crippen LogP contribution in [-0.2, 0) is 20.4 Å². The van der Waals surface area contributed by atoms with E-state index in [-0.39, 0.29) is 17.1 Å². The first-order valence-electron chi connectivity index (χ1n) is 9.61. The van der Waals surface area contributed by atoms with Gasteiger partial charge in [-0.2, -0.15) is 0 Å². The molecule has 0 saturated carbocycles. The number of hydrogen-bond acceptors (Lipinski definition) is 8. The molecule has 14 heteroatoms. The fraction of sp³-hybridized carbons (Fsp3) is 0.389. The van der Waals surface area contributed by atoms with Gasteiger partial charge in [0.2, 0.25) is 11.7 Å². The normalized spacial score (nSPS) is 23.8. The van der Waals surface area contributed by atoms with Crippen LogP contribution in [-0.4, -0.2) is 59.5 Å². The first-order valence-corrected chi connectivity index (χ1v) is 11.1. The Balaban J connectivity index is 1.75. The van der Waals surface area contributed by atoms with Gasteiger partial charge in [-0.3, -0.25) is 18.9 Å². The van der Waals surface area contributed by atoms with Crippen LogP contribution in [0.3, 0.4) is 0 Å².